The topological polar surface area (TPSA) is 36.9 Å². The Kier molecular flexibility index (Phi) is 12.6. The summed E-state index contributed by atoms with van der Waals surface area (Å²) in [7, 11) is 3.39. The average molecular weight is 531 g/mol. The molecule has 0 bridgehead atoms. The number of hydrogen-bond donors (Lipinski definition) is 0. The van der Waals surface area contributed by atoms with Gasteiger partial charge in [-0.2, -0.15) is 0 Å². The van der Waals surface area contributed by atoms with Gasteiger partial charge in [-0.15, -0.1) is 30.1 Å². The highest BCUT2D eigenvalue weighted by molar-refractivity contribution is 8.17. The first-order valence-corrected chi connectivity index (χ1v) is 14.9. The molecule has 36 heavy (non-hydrogen) atoms. The maximum Gasteiger partial charge on any atom is 0.118 e. The molecular weight excluding hydrogens is 488 g/mol. The number of benzene rings is 2. The molecular formula is C30H42O4S2. The van der Waals surface area contributed by atoms with Gasteiger partial charge in [-0.25, -0.2) is 0 Å². The summed E-state index contributed by atoms with van der Waals surface area (Å²) < 4.78 is 24.2. The summed E-state index contributed by atoms with van der Waals surface area (Å²) in [4.78, 5) is 0. The standard InChI is InChI=1S/C30H42O4S2/c1-6-22(2)18-23(3)29(34-20-25-10-14-27(32-5)15-11-25)28(30-35-16-7-17-36-30)21-33-19-24-8-12-26(31-4)13-9-24/h6,8-15,22-23,28-30H,1,7,16-21H2,2-5H3/t22-,23-,28-,29+/m1/s1. The van der Waals surface area contributed by atoms with Crippen LogP contribution in [-0.2, 0) is 22.7 Å². The van der Waals surface area contributed by atoms with Crippen molar-refractivity contribution in [3.8, 4) is 11.5 Å². The third-order valence-corrected chi connectivity index (χ3v) is 9.89. The van der Waals surface area contributed by atoms with Crippen LogP contribution in [0.2, 0.25) is 0 Å². The van der Waals surface area contributed by atoms with Crippen molar-refractivity contribution in [2.45, 2.75) is 50.6 Å². The van der Waals surface area contributed by atoms with Crippen LogP contribution in [0.15, 0.2) is 61.2 Å². The zero-order chi connectivity index (χ0) is 25.8. The van der Waals surface area contributed by atoms with E-state index >= 15 is 0 Å². The van der Waals surface area contributed by atoms with Crippen molar-refractivity contribution < 1.29 is 18.9 Å². The molecule has 2 aromatic carbocycles. The van der Waals surface area contributed by atoms with Gasteiger partial charge >= 0.3 is 0 Å². The number of thioether (sulfide) groups is 2. The van der Waals surface area contributed by atoms with E-state index in [1.54, 1.807) is 14.2 Å². The molecule has 0 aromatic heterocycles. The Hall–Kier alpha value is -1.60. The summed E-state index contributed by atoms with van der Waals surface area (Å²) in [6.45, 7) is 10.4. The van der Waals surface area contributed by atoms with Gasteiger partial charge in [0.2, 0.25) is 0 Å². The zero-order valence-corrected chi connectivity index (χ0v) is 23.8. The van der Waals surface area contributed by atoms with Gasteiger partial charge in [0.05, 0.1) is 44.7 Å². The summed E-state index contributed by atoms with van der Waals surface area (Å²) >= 11 is 4.14. The van der Waals surface area contributed by atoms with Crippen LogP contribution in [0.25, 0.3) is 0 Å². The SMILES string of the molecule is C=C[C@@H](C)C[C@@H](C)[C@H](OCc1ccc(OC)cc1)[C@@H](COCc1ccc(OC)cc1)C1SCCCS1. The second kappa shape index (κ2) is 15.6. The van der Waals surface area contributed by atoms with E-state index in [-0.39, 0.29) is 6.10 Å². The van der Waals surface area contributed by atoms with E-state index in [0.29, 0.717) is 42.2 Å². The second-order valence-electron chi connectivity index (χ2n) is 9.54. The molecule has 3 rings (SSSR count). The molecule has 1 fully saturated rings. The van der Waals surface area contributed by atoms with Crippen LogP contribution in [0.3, 0.4) is 0 Å². The van der Waals surface area contributed by atoms with Crippen LogP contribution in [0, 0.1) is 17.8 Å². The maximum absolute atomic E-state index is 6.76. The first-order chi connectivity index (χ1) is 17.5. The van der Waals surface area contributed by atoms with Crippen LogP contribution in [0.5, 0.6) is 11.5 Å². The Balaban J connectivity index is 1.74. The van der Waals surface area contributed by atoms with Crippen molar-refractivity contribution in [3.05, 3.63) is 72.3 Å². The van der Waals surface area contributed by atoms with Gasteiger partial charge < -0.3 is 18.9 Å². The first-order valence-electron chi connectivity index (χ1n) is 12.8. The summed E-state index contributed by atoms with van der Waals surface area (Å²) in [5, 5.41) is 0. The second-order valence-corrected chi connectivity index (χ2v) is 12.3. The Bertz CT molecular complexity index is 881. The highest BCUT2D eigenvalue weighted by Gasteiger charge is 2.36. The lowest BCUT2D eigenvalue weighted by molar-refractivity contribution is -0.0586. The number of methoxy groups -OCH3 is 2. The molecule has 4 atom stereocenters. The third-order valence-electron chi connectivity index (χ3n) is 6.67. The molecule has 0 saturated carbocycles. The van der Waals surface area contributed by atoms with Crippen molar-refractivity contribution in [1.29, 1.82) is 0 Å². The predicted octanol–water partition coefficient (Wildman–Crippen LogP) is 7.47. The van der Waals surface area contributed by atoms with Crippen LogP contribution >= 0.6 is 23.5 Å². The molecule has 2 aromatic rings. The number of rotatable bonds is 15. The van der Waals surface area contributed by atoms with E-state index in [1.165, 1.54) is 17.9 Å². The minimum absolute atomic E-state index is 0.0912. The molecule has 0 N–H and O–H groups in total. The van der Waals surface area contributed by atoms with Crippen LogP contribution in [0.1, 0.15) is 37.8 Å². The highest BCUT2D eigenvalue weighted by atomic mass is 32.2. The first kappa shape index (κ1) is 29.0. The Labute approximate surface area is 226 Å². The fourth-order valence-electron chi connectivity index (χ4n) is 4.56. The van der Waals surface area contributed by atoms with Gasteiger partial charge in [0, 0.05) is 5.92 Å². The highest BCUT2D eigenvalue weighted by Crippen LogP contribution is 2.41. The van der Waals surface area contributed by atoms with E-state index in [9.17, 15) is 0 Å². The predicted molar refractivity (Wildman–Crippen MR) is 154 cm³/mol. The summed E-state index contributed by atoms with van der Waals surface area (Å²) in [6.07, 6.45) is 4.46. The van der Waals surface area contributed by atoms with Crippen molar-refractivity contribution >= 4 is 23.5 Å². The summed E-state index contributed by atoms with van der Waals surface area (Å²) in [5.74, 6) is 5.26. The molecule has 0 radical (unpaired) electrons. The molecule has 1 heterocycles. The fraction of sp³-hybridized carbons (Fsp3) is 0.533. The van der Waals surface area contributed by atoms with Gasteiger partial charge in [0.1, 0.15) is 11.5 Å². The van der Waals surface area contributed by atoms with Crippen molar-refractivity contribution in [2.24, 2.45) is 17.8 Å². The van der Waals surface area contributed by atoms with Gasteiger partial charge in [0.15, 0.2) is 0 Å². The summed E-state index contributed by atoms with van der Waals surface area (Å²) in [6, 6.07) is 16.3. The number of hydrogen-bond acceptors (Lipinski definition) is 6. The van der Waals surface area contributed by atoms with Gasteiger partial charge in [0.25, 0.3) is 0 Å². The molecule has 0 unspecified atom stereocenters. The maximum atomic E-state index is 6.76. The van der Waals surface area contributed by atoms with E-state index < -0.39 is 0 Å². The third kappa shape index (κ3) is 9.05. The van der Waals surface area contributed by atoms with Gasteiger partial charge in [-0.05, 0) is 71.6 Å². The lowest BCUT2D eigenvalue weighted by Gasteiger charge is -2.38. The molecule has 1 saturated heterocycles. The van der Waals surface area contributed by atoms with Gasteiger partial charge in [-0.1, -0.05) is 44.2 Å². The Morgan fingerprint density at radius 2 is 1.44 bits per heavy atom. The lowest BCUT2D eigenvalue weighted by Crippen LogP contribution is -2.40. The minimum Gasteiger partial charge on any atom is -0.497 e. The largest absolute Gasteiger partial charge is 0.497 e. The molecule has 1 aliphatic heterocycles. The van der Waals surface area contributed by atoms with Crippen molar-refractivity contribution in [1.82, 2.24) is 0 Å². The Morgan fingerprint density at radius 1 is 0.889 bits per heavy atom. The van der Waals surface area contributed by atoms with E-state index in [2.05, 4.69) is 74.3 Å². The van der Waals surface area contributed by atoms with E-state index in [0.717, 1.165) is 29.0 Å². The van der Waals surface area contributed by atoms with E-state index in [1.807, 2.05) is 24.3 Å². The lowest BCUT2D eigenvalue weighted by atomic mass is 9.86. The number of ether oxygens (including phenoxy) is 4. The molecule has 6 heteroatoms. The quantitative estimate of drug-likeness (QED) is 0.222. The molecule has 0 spiro atoms. The van der Waals surface area contributed by atoms with Crippen LogP contribution in [0.4, 0.5) is 0 Å². The van der Waals surface area contributed by atoms with Crippen LogP contribution < -0.4 is 9.47 Å². The molecule has 1 aliphatic rings. The fourth-order valence-corrected chi connectivity index (χ4v) is 7.75. The zero-order valence-electron chi connectivity index (χ0n) is 22.2. The average Bonchev–Trinajstić information content (AvgIpc) is 2.93. The molecule has 0 amide bonds. The minimum atomic E-state index is 0.0912. The van der Waals surface area contributed by atoms with Crippen LogP contribution in [-0.4, -0.2) is 43.0 Å². The number of allylic oxidation sites excluding steroid dienone is 1. The van der Waals surface area contributed by atoms with Crippen molar-refractivity contribution in [3.63, 3.8) is 0 Å². The van der Waals surface area contributed by atoms with Gasteiger partial charge in [-0.3, -0.25) is 0 Å². The van der Waals surface area contributed by atoms with Crippen molar-refractivity contribution in [2.75, 3.05) is 32.3 Å². The molecule has 198 valence electrons. The monoisotopic (exact) mass is 530 g/mol. The molecule has 4 nitrogen and oxygen atoms in total. The Morgan fingerprint density at radius 3 is 1.97 bits per heavy atom. The normalized spacial score (nSPS) is 17.7. The van der Waals surface area contributed by atoms with E-state index in [4.69, 9.17) is 18.9 Å². The smallest absolute Gasteiger partial charge is 0.118 e. The molecule has 0 aliphatic carbocycles. The summed E-state index contributed by atoms with van der Waals surface area (Å²) in [5.41, 5.74) is 2.31.